The summed E-state index contributed by atoms with van der Waals surface area (Å²) in [4.78, 5) is 21.0. The highest BCUT2D eigenvalue weighted by atomic mass is 35.5. The van der Waals surface area contributed by atoms with E-state index in [-0.39, 0.29) is 38.3 Å². The van der Waals surface area contributed by atoms with Gasteiger partial charge in [0.05, 0.1) is 13.2 Å². The van der Waals surface area contributed by atoms with Crippen molar-refractivity contribution in [3.05, 3.63) is 41.0 Å². The molecule has 2 heterocycles. The number of amides is 1. The van der Waals surface area contributed by atoms with Gasteiger partial charge in [0.1, 0.15) is 24.1 Å². The maximum atomic E-state index is 11.8. The number of fused-ring (bicyclic) bond motifs is 1. The zero-order valence-corrected chi connectivity index (χ0v) is 14.8. The van der Waals surface area contributed by atoms with Gasteiger partial charge in [0, 0.05) is 37.2 Å². The molecule has 1 aliphatic heterocycles. The SMILES string of the molecule is [C-]#[N+]c1cc2ccnc(Cl)c2cc1OCCOCC(=O)N1CC(CO)C1. The van der Waals surface area contributed by atoms with Crippen LogP contribution in [0.4, 0.5) is 5.69 Å². The maximum absolute atomic E-state index is 11.8. The summed E-state index contributed by atoms with van der Waals surface area (Å²) in [6.45, 7) is 8.96. The second kappa shape index (κ2) is 8.32. The smallest absolute Gasteiger partial charge is 0.248 e. The first-order chi connectivity index (χ1) is 12.6. The third-order valence-electron chi connectivity index (χ3n) is 4.19. The standard InChI is InChI=1S/C18H18ClN3O4/c1-20-15-6-13-2-3-21-18(19)14(13)7-16(15)26-5-4-25-11-17(24)22-8-12(9-22)10-23/h2-3,6-7,12,23H,4-5,8-11H2. The Balaban J connectivity index is 1.50. The molecule has 0 unspecified atom stereocenters. The van der Waals surface area contributed by atoms with Crippen LogP contribution in [0.15, 0.2) is 24.4 Å². The molecule has 0 atom stereocenters. The van der Waals surface area contributed by atoms with Crippen LogP contribution in [0.2, 0.25) is 5.15 Å². The summed E-state index contributed by atoms with van der Waals surface area (Å²) in [7, 11) is 0. The van der Waals surface area contributed by atoms with E-state index in [0.29, 0.717) is 35.1 Å². The second-order valence-corrected chi connectivity index (χ2v) is 6.36. The van der Waals surface area contributed by atoms with Gasteiger partial charge in [0.25, 0.3) is 0 Å². The largest absolute Gasteiger partial charge is 0.502 e. The third-order valence-corrected chi connectivity index (χ3v) is 4.50. The van der Waals surface area contributed by atoms with Gasteiger partial charge in [-0.25, -0.2) is 9.83 Å². The van der Waals surface area contributed by atoms with E-state index in [0.717, 1.165) is 5.39 Å². The number of benzene rings is 1. The lowest BCUT2D eigenvalue weighted by molar-refractivity contribution is -0.143. The van der Waals surface area contributed by atoms with Gasteiger partial charge in [0.2, 0.25) is 11.6 Å². The Morgan fingerprint density at radius 2 is 2.23 bits per heavy atom. The first kappa shape index (κ1) is 18.4. The molecular weight excluding hydrogens is 358 g/mol. The number of halogens is 1. The predicted octanol–water partition coefficient (Wildman–Crippen LogP) is 2.29. The molecule has 3 rings (SSSR count). The van der Waals surface area contributed by atoms with Gasteiger partial charge < -0.3 is 19.5 Å². The lowest BCUT2D eigenvalue weighted by Crippen LogP contribution is -2.52. The third kappa shape index (κ3) is 4.05. The monoisotopic (exact) mass is 375 g/mol. The van der Waals surface area contributed by atoms with Crippen molar-refractivity contribution in [2.24, 2.45) is 5.92 Å². The number of rotatable bonds is 7. The molecule has 1 amide bonds. The van der Waals surface area contributed by atoms with Gasteiger partial charge >= 0.3 is 0 Å². The summed E-state index contributed by atoms with van der Waals surface area (Å²) < 4.78 is 11.0. The number of nitrogens with zero attached hydrogens (tertiary/aromatic N) is 3. The molecule has 0 saturated carbocycles. The Hall–Kier alpha value is -2.40. The van der Waals surface area contributed by atoms with E-state index in [1.54, 1.807) is 29.3 Å². The van der Waals surface area contributed by atoms with Crippen LogP contribution in [0.5, 0.6) is 5.75 Å². The number of pyridine rings is 1. The number of aliphatic hydroxyl groups excluding tert-OH is 1. The Kier molecular flexibility index (Phi) is 5.89. The minimum atomic E-state index is -0.0971. The van der Waals surface area contributed by atoms with Gasteiger partial charge in [-0.05, 0) is 23.6 Å². The Morgan fingerprint density at radius 1 is 1.42 bits per heavy atom. The molecule has 0 aliphatic carbocycles. The van der Waals surface area contributed by atoms with Crippen LogP contribution in [-0.4, -0.2) is 60.4 Å². The van der Waals surface area contributed by atoms with Crippen LogP contribution in [-0.2, 0) is 9.53 Å². The Morgan fingerprint density at radius 3 is 2.96 bits per heavy atom. The van der Waals surface area contributed by atoms with Gasteiger partial charge in [-0.3, -0.25) is 4.79 Å². The van der Waals surface area contributed by atoms with Crippen molar-refractivity contribution in [1.82, 2.24) is 9.88 Å². The highest BCUT2D eigenvalue weighted by molar-refractivity contribution is 6.34. The van der Waals surface area contributed by atoms with E-state index in [1.807, 2.05) is 0 Å². The molecule has 0 spiro atoms. The number of carbonyl (C=O) groups excluding carboxylic acids is 1. The van der Waals surface area contributed by atoms with Crippen molar-refractivity contribution in [2.45, 2.75) is 0 Å². The van der Waals surface area contributed by atoms with Crippen molar-refractivity contribution in [3.8, 4) is 5.75 Å². The molecule has 1 saturated heterocycles. The number of aromatic nitrogens is 1. The fourth-order valence-corrected chi connectivity index (χ4v) is 2.93. The van der Waals surface area contributed by atoms with Crippen molar-refractivity contribution in [1.29, 1.82) is 0 Å². The summed E-state index contributed by atoms with van der Waals surface area (Å²) in [5, 5.41) is 10.8. The van der Waals surface area contributed by atoms with E-state index in [1.165, 1.54) is 0 Å². The summed E-state index contributed by atoms with van der Waals surface area (Å²) in [6.07, 6.45) is 1.59. The Bertz CT molecular complexity index is 846. The quantitative estimate of drug-likeness (QED) is 0.456. The predicted molar refractivity (Wildman–Crippen MR) is 96.5 cm³/mol. The number of carbonyl (C=O) groups is 1. The average molecular weight is 376 g/mol. The molecule has 1 fully saturated rings. The molecule has 1 N–H and O–H groups in total. The lowest BCUT2D eigenvalue weighted by Gasteiger charge is -2.38. The molecule has 1 aromatic heterocycles. The summed E-state index contributed by atoms with van der Waals surface area (Å²) in [6, 6.07) is 5.18. The van der Waals surface area contributed by atoms with Crippen molar-refractivity contribution >= 4 is 34.0 Å². The van der Waals surface area contributed by atoms with Crippen molar-refractivity contribution < 1.29 is 19.4 Å². The number of aliphatic hydroxyl groups is 1. The van der Waals surface area contributed by atoms with E-state index in [2.05, 4.69) is 9.83 Å². The topological polar surface area (TPSA) is 76.2 Å². The van der Waals surface area contributed by atoms with Crippen molar-refractivity contribution in [3.63, 3.8) is 0 Å². The lowest BCUT2D eigenvalue weighted by atomic mass is 10.0. The molecule has 136 valence electrons. The van der Waals surface area contributed by atoms with E-state index >= 15 is 0 Å². The minimum absolute atomic E-state index is 0.0232. The van der Waals surface area contributed by atoms with Crippen LogP contribution in [0.25, 0.3) is 15.6 Å². The molecule has 2 aromatic rings. The summed E-state index contributed by atoms with van der Waals surface area (Å²) in [5.74, 6) is 0.495. The van der Waals surface area contributed by atoms with Gasteiger partial charge in [-0.15, -0.1) is 0 Å². The fourth-order valence-electron chi connectivity index (χ4n) is 2.71. The molecule has 0 bridgehead atoms. The molecule has 8 heteroatoms. The van der Waals surface area contributed by atoms with Crippen LogP contribution in [0.3, 0.4) is 0 Å². The number of likely N-dealkylation sites (tertiary alicyclic amines) is 1. The fraction of sp³-hybridized carbons (Fsp3) is 0.389. The zero-order valence-electron chi connectivity index (χ0n) is 14.0. The van der Waals surface area contributed by atoms with Crippen molar-refractivity contribution in [2.75, 3.05) is 39.5 Å². The molecular formula is C18H18ClN3O4. The molecule has 0 radical (unpaired) electrons. The average Bonchev–Trinajstić information content (AvgIpc) is 2.60. The van der Waals surface area contributed by atoms with Gasteiger partial charge in [-0.2, -0.15) is 0 Å². The number of ether oxygens (including phenoxy) is 2. The first-order valence-electron chi connectivity index (χ1n) is 8.17. The summed E-state index contributed by atoms with van der Waals surface area (Å²) in [5.41, 5.74) is 0.381. The van der Waals surface area contributed by atoms with Gasteiger partial charge in [-0.1, -0.05) is 11.6 Å². The van der Waals surface area contributed by atoms with Crippen LogP contribution in [0, 0.1) is 12.5 Å². The molecule has 7 nitrogen and oxygen atoms in total. The van der Waals surface area contributed by atoms with E-state index in [9.17, 15) is 4.79 Å². The second-order valence-electron chi connectivity index (χ2n) is 6.00. The van der Waals surface area contributed by atoms with Gasteiger partial charge in [0.15, 0.2) is 0 Å². The summed E-state index contributed by atoms with van der Waals surface area (Å²) >= 11 is 6.09. The van der Waals surface area contributed by atoms with Crippen LogP contribution >= 0.6 is 11.6 Å². The highest BCUT2D eigenvalue weighted by Gasteiger charge is 2.29. The highest BCUT2D eigenvalue weighted by Crippen LogP contribution is 2.34. The molecule has 1 aromatic carbocycles. The van der Waals surface area contributed by atoms with E-state index in [4.69, 9.17) is 32.8 Å². The molecule has 1 aliphatic rings. The number of hydrogen-bond donors (Lipinski definition) is 1. The maximum Gasteiger partial charge on any atom is 0.248 e. The van der Waals surface area contributed by atoms with Crippen LogP contribution in [0.1, 0.15) is 0 Å². The Labute approximate surface area is 155 Å². The zero-order chi connectivity index (χ0) is 18.5. The minimum Gasteiger partial charge on any atom is -0.502 e. The van der Waals surface area contributed by atoms with E-state index < -0.39 is 0 Å². The number of hydrogen-bond acceptors (Lipinski definition) is 5. The first-order valence-corrected chi connectivity index (χ1v) is 8.55. The normalized spacial score (nSPS) is 14.1. The van der Waals surface area contributed by atoms with Crippen LogP contribution < -0.4 is 4.74 Å². The molecule has 26 heavy (non-hydrogen) atoms.